The number of carbonyl (C=O) groups is 1. The lowest BCUT2D eigenvalue weighted by atomic mass is 9.98. The third-order valence-corrected chi connectivity index (χ3v) is 3.29. The second kappa shape index (κ2) is 6.97. The quantitative estimate of drug-likeness (QED) is 0.676. The Morgan fingerprint density at radius 3 is 2.18 bits per heavy atom. The highest BCUT2D eigenvalue weighted by molar-refractivity contribution is 5.84. The number of hydrogen-bond acceptors (Lipinski definition) is 3. The van der Waals surface area contributed by atoms with Crippen LogP contribution in [0.4, 0.5) is 0 Å². The summed E-state index contributed by atoms with van der Waals surface area (Å²) in [5, 5.41) is 3.28. The van der Waals surface area contributed by atoms with E-state index >= 15 is 0 Å². The number of nitrogens with one attached hydrogen (secondary N) is 1. The Hall–Kier alpha value is -0.610. The lowest BCUT2D eigenvalue weighted by Gasteiger charge is -2.37. The van der Waals surface area contributed by atoms with E-state index in [0.29, 0.717) is 12.6 Å². The molecule has 0 aliphatic rings. The van der Waals surface area contributed by atoms with Crippen molar-refractivity contribution in [3.63, 3.8) is 0 Å². The molecule has 0 saturated carbocycles. The van der Waals surface area contributed by atoms with E-state index in [1.165, 1.54) is 0 Å². The maximum atomic E-state index is 11.7. The summed E-state index contributed by atoms with van der Waals surface area (Å²) in [5.74, 6) is -0.284. The van der Waals surface area contributed by atoms with Gasteiger partial charge in [-0.25, -0.2) is 0 Å². The first-order valence-electron chi connectivity index (χ1n) is 6.58. The zero-order valence-electron chi connectivity index (χ0n) is 12.2. The molecule has 1 amide bonds. The van der Waals surface area contributed by atoms with Gasteiger partial charge in [-0.05, 0) is 40.7 Å². The molecule has 0 aliphatic carbocycles. The number of nitrogens with zero attached hydrogens (tertiary/aromatic N) is 1. The molecule has 0 spiro atoms. The monoisotopic (exact) mass is 243 g/mol. The summed E-state index contributed by atoms with van der Waals surface area (Å²) in [6, 6.07) is 0.704. The maximum Gasteiger partial charge on any atom is 0.238 e. The van der Waals surface area contributed by atoms with Crippen molar-refractivity contribution in [2.45, 2.75) is 65.6 Å². The molecule has 4 heteroatoms. The highest BCUT2D eigenvalue weighted by Gasteiger charge is 2.34. The van der Waals surface area contributed by atoms with E-state index in [4.69, 9.17) is 5.73 Å². The lowest BCUT2D eigenvalue weighted by Crippen LogP contribution is -2.62. The van der Waals surface area contributed by atoms with E-state index in [2.05, 4.69) is 31.0 Å². The Bertz CT molecular complexity index is 243. The molecule has 102 valence electrons. The Labute approximate surface area is 106 Å². The van der Waals surface area contributed by atoms with Gasteiger partial charge in [-0.1, -0.05) is 13.8 Å². The summed E-state index contributed by atoms with van der Waals surface area (Å²) in [6.07, 6.45) is 1.07. The maximum absolute atomic E-state index is 11.7. The smallest absolute Gasteiger partial charge is 0.238 e. The molecular weight excluding hydrogens is 214 g/mol. The number of hydrogen-bond donors (Lipinski definition) is 2. The van der Waals surface area contributed by atoms with E-state index < -0.39 is 5.54 Å². The van der Waals surface area contributed by atoms with E-state index in [0.717, 1.165) is 13.0 Å². The Balaban J connectivity index is 4.78. The first-order chi connectivity index (χ1) is 7.76. The van der Waals surface area contributed by atoms with Crippen LogP contribution in [0.2, 0.25) is 0 Å². The van der Waals surface area contributed by atoms with Crippen LogP contribution in [-0.2, 0) is 4.79 Å². The normalized spacial score (nSPS) is 17.2. The average molecular weight is 243 g/mol. The molecular formula is C13H29N3O. The molecule has 0 bridgehead atoms. The van der Waals surface area contributed by atoms with Gasteiger partial charge in [0.25, 0.3) is 0 Å². The van der Waals surface area contributed by atoms with Gasteiger partial charge in [-0.2, -0.15) is 0 Å². The number of amides is 1. The SMILES string of the molecule is CCC(C)N(CC)CC(C)(NC(C)C)C(N)=O. The van der Waals surface area contributed by atoms with Crippen molar-refractivity contribution in [3.8, 4) is 0 Å². The van der Waals surface area contributed by atoms with Gasteiger partial charge < -0.3 is 11.1 Å². The van der Waals surface area contributed by atoms with E-state index in [1.54, 1.807) is 0 Å². The topological polar surface area (TPSA) is 58.4 Å². The number of primary amides is 1. The van der Waals surface area contributed by atoms with Crippen molar-refractivity contribution in [2.24, 2.45) is 5.73 Å². The highest BCUT2D eigenvalue weighted by atomic mass is 16.1. The van der Waals surface area contributed by atoms with Crippen molar-refractivity contribution in [1.29, 1.82) is 0 Å². The van der Waals surface area contributed by atoms with Crippen LogP contribution in [0, 0.1) is 0 Å². The molecule has 0 radical (unpaired) electrons. The highest BCUT2D eigenvalue weighted by Crippen LogP contribution is 2.12. The number of carbonyl (C=O) groups excluding carboxylic acids is 1. The van der Waals surface area contributed by atoms with Crippen molar-refractivity contribution in [1.82, 2.24) is 10.2 Å². The summed E-state index contributed by atoms with van der Waals surface area (Å²) in [5.41, 5.74) is 4.88. The van der Waals surface area contributed by atoms with Crippen molar-refractivity contribution in [2.75, 3.05) is 13.1 Å². The molecule has 0 heterocycles. The fraction of sp³-hybridized carbons (Fsp3) is 0.923. The van der Waals surface area contributed by atoms with Gasteiger partial charge >= 0.3 is 0 Å². The molecule has 0 aliphatic heterocycles. The number of rotatable bonds is 8. The standard InChI is InChI=1S/C13H29N3O/c1-7-11(5)16(8-2)9-13(6,12(14)17)15-10(3)4/h10-11,15H,7-9H2,1-6H3,(H2,14,17). The summed E-state index contributed by atoms with van der Waals surface area (Å²) in [6.45, 7) is 14.0. The third-order valence-electron chi connectivity index (χ3n) is 3.29. The average Bonchev–Trinajstić information content (AvgIpc) is 2.23. The largest absolute Gasteiger partial charge is 0.368 e. The minimum atomic E-state index is -0.659. The van der Waals surface area contributed by atoms with E-state index in [1.807, 2.05) is 20.8 Å². The molecule has 2 atom stereocenters. The van der Waals surface area contributed by atoms with Crippen LogP contribution in [0.25, 0.3) is 0 Å². The van der Waals surface area contributed by atoms with Gasteiger partial charge in [-0.15, -0.1) is 0 Å². The van der Waals surface area contributed by atoms with Crippen molar-refractivity contribution >= 4 is 5.91 Å². The predicted octanol–water partition coefficient (Wildman–Crippen LogP) is 1.35. The zero-order valence-corrected chi connectivity index (χ0v) is 12.2. The van der Waals surface area contributed by atoms with Crippen LogP contribution >= 0.6 is 0 Å². The fourth-order valence-corrected chi connectivity index (χ4v) is 2.08. The fourth-order valence-electron chi connectivity index (χ4n) is 2.08. The molecule has 0 fully saturated rings. The van der Waals surface area contributed by atoms with Gasteiger partial charge in [-0.3, -0.25) is 9.69 Å². The minimum absolute atomic E-state index is 0.239. The van der Waals surface area contributed by atoms with Crippen LogP contribution in [0.5, 0.6) is 0 Å². The van der Waals surface area contributed by atoms with Gasteiger partial charge in [0.1, 0.15) is 5.54 Å². The minimum Gasteiger partial charge on any atom is -0.368 e. The van der Waals surface area contributed by atoms with Gasteiger partial charge in [0.05, 0.1) is 0 Å². The lowest BCUT2D eigenvalue weighted by molar-refractivity contribution is -0.125. The van der Waals surface area contributed by atoms with Gasteiger partial charge in [0.2, 0.25) is 5.91 Å². The van der Waals surface area contributed by atoms with Gasteiger partial charge in [0, 0.05) is 18.6 Å². The third kappa shape index (κ3) is 5.04. The molecule has 4 nitrogen and oxygen atoms in total. The van der Waals surface area contributed by atoms with Crippen LogP contribution < -0.4 is 11.1 Å². The first kappa shape index (κ1) is 16.4. The second-order valence-corrected chi connectivity index (χ2v) is 5.32. The van der Waals surface area contributed by atoms with Crippen LogP contribution in [0.3, 0.4) is 0 Å². The van der Waals surface area contributed by atoms with Crippen LogP contribution in [-0.4, -0.2) is 41.5 Å². The summed E-state index contributed by atoms with van der Waals surface area (Å²) < 4.78 is 0. The molecule has 0 aromatic heterocycles. The molecule has 0 aromatic carbocycles. The number of nitrogens with two attached hydrogens (primary N) is 1. The zero-order chi connectivity index (χ0) is 13.6. The summed E-state index contributed by atoms with van der Waals surface area (Å²) in [7, 11) is 0. The van der Waals surface area contributed by atoms with E-state index in [9.17, 15) is 4.79 Å². The second-order valence-electron chi connectivity index (χ2n) is 5.32. The molecule has 17 heavy (non-hydrogen) atoms. The molecule has 3 N–H and O–H groups in total. The molecule has 2 unspecified atom stereocenters. The molecule has 0 aromatic rings. The summed E-state index contributed by atoms with van der Waals surface area (Å²) >= 11 is 0. The predicted molar refractivity (Wildman–Crippen MR) is 72.9 cm³/mol. The van der Waals surface area contributed by atoms with Crippen molar-refractivity contribution in [3.05, 3.63) is 0 Å². The Morgan fingerprint density at radius 1 is 1.35 bits per heavy atom. The van der Waals surface area contributed by atoms with E-state index in [-0.39, 0.29) is 11.9 Å². The number of likely N-dealkylation sites (N-methyl/N-ethyl adjacent to an activating group) is 1. The molecule has 0 rings (SSSR count). The Morgan fingerprint density at radius 2 is 1.88 bits per heavy atom. The summed E-state index contributed by atoms with van der Waals surface area (Å²) in [4.78, 5) is 13.9. The van der Waals surface area contributed by atoms with Crippen LogP contribution in [0.15, 0.2) is 0 Å². The first-order valence-corrected chi connectivity index (χ1v) is 6.58. The van der Waals surface area contributed by atoms with Crippen molar-refractivity contribution < 1.29 is 4.79 Å². The Kier molecular flexibility index (Phi) is 6.72. The van der Waals surface area contributed by atoms with Gasteiger partial charge in [0.15, 0.2) is 0 Å². The van der Waals surface area contributed by atoms with Crippen LogP contribution in [0.1, 0.15) is 48.0 Å². The molecule has 0 saturated heterocycles.